The Morgan fingerprint density at radius 2 is 1.87 bits per heavy atom. The lowest BCUT2D eigenvalue weighted by molar-refractivity contribution is 0.191. The van der Waals surface area contributed by atoms with Gasteiger partial charge in [0.15, 0.2) is 0 Å². The molecule has 3 unspecified atom stereocenters. The summed E-state index contributed by atoms with van der Waals surface area (Å²) >= 11 is 0. The van der Waals surface area contributed by atoms with E-state index in [0.29, 0.717) is 0 Å². The molecular weight excluding hydrogens is 210 g/mol. The van der Waals surface area contributed by atoms with E-state index >= 15 is 0 Å². The Kier molecular flexibility index (Phi) is 3.70. The van der Waals surface area contributed by atoms with E-state index in [4.69, 9.17) is 4.74 Å². The Balaban J connectivity index is 0.000000853. The summed E-state index contributed by atoms with van der Waals surface area (Å²) < 4.78 is 5.41. The second-order valence-electron chi connectivity index (χ2n) is 4.99. The van der Waals surface area contributed by atoms with Crippen molar-refractivity contribution in [3.05, 3.63) is 11.6 Å². The number of fused-ring (bicyclic) bond motifs is 2. The first-order chi connectivity index (χ1) is 6.90. The summed E-state index contributed by atoms with van der Waals surface area (Å²) in [5.74, 6) is 0.725. The summed E-state index contributed by atoms with van der Waals surface area (Å²) in [6.45, 7) is 1.94. The molecule has 3 heteroatoms. The zero-order valence-corrected chi connectivity index (χ0v) is 9.89. The molecule has 0 aromatic carbocycles. The Bertz CT molecular complexity index is 234. The van der Waals surface area contributed by atoms with E-state index in [2.05, 4.69) is 11.4 Å². The van der Waals surface area contributed by atoms with Gasteiger partial charge in [0.2, 0.25) is 0 Å². The maximum absolute atomic E-state index is 5.41. The molecule has 2 nitrogen and oxygen atoms in total. The van der Waals surface area contributed by atoms with Crippen molar-refractivity contribution < 1.29 is 4.74 Å². The highest BCUT2D eigenvalue weighted by molar-refractivity contribution is 5.85. The summed E-state index contributed by atoms with van der Waals surface area (Å²) in [6.07, 6.45) is 9.14. The van der Waals surface area contributed by atoms with Crippen LogP contribution in [0.4, 0.5) is 0 Å². The van der Waals surface area contributed by atoms with Crippen molar-refractivity contribution >= 4 is 12.4 Å². The molecule has 0 aromatic heterocycles. The molecule has 3 rings (SSSR count). The monoisotopic (exact) mass is 229 g/mol. The van der Waals surface area contributed by atoms with Gasteiger partial charge in [0.05, 0.1) is 6.61 Å². The fraction of sp³-hybridized carbons (Fsp3) is 0.833. The molecule has 0 aromatic rings. The van der Waals surface area contributed by atoms with Crippen LogP contribution in [0.3, 0.4) is 0 Å². The number of hydrogen-bond acceptors (Lipinski definition) is 2. The summed E-state index contributed by atoms with van der Waals surface area (Å²) in [4.78, 5) is 0. The summed E-state index contributed by atoms with van der Waals surface area (Å²) in [7, 11) is 0. The third kappa shape index (κ3) is 2.55. The minimum Gasteiger partial charge on any atom is -0.381 e. The van der Waals surface area contributed by atoms with Gasteiger partial charge in [-0.25, -0.2) is 0 Å². The average Bonchev–Trinajstić information content (AvgIpc) is 2.77. The molecule has 1 N–H and O–H groups in total. The lowest BCUT2D eigenvalue weighted by Crippen LogP contribution is -2.34. The molecule has 15 heavy (non-hydrogen) atoms. The fourth-order valence-corrected chi connectivity index (χ4v) is 3.09. The van der Waals surface area contributed by atoms with Crippen LogP contribution in [0.1, 0.15) is 32.1 Å². The van der Waals surface area contributed by atoms with Crippen molar-refractivity contribution in [1.29, 1.82) is 0 Å². The molecule has 0 aliphatic carbocycles. The van der Waals surface area contributed by atoms with Gasteiger partial charge in [-0.2, -0.15) is 0 Å². The van der Waals surface area contributed by atoms with E-state index in [1.165, 1.54) is 32.1 Å². The van der Waals surface area contributed by atoms with Gasteiger partial charge in [-0.15, -0.1) is 12.4 Å². The van der Waals surface area contributed by atoms with Crippen LogP contribution in [-0.4, -0.2) is 25.3 Å². The van der Waals surface area contributed by atoms with E-state index < -0.39 is 0 Å². The van der Waals surface area contributed by atoms with E-state index in [0.717, 1.165) is 31.2 Å². The fourth-order valence-electron chi connectivity index (χ4n) is 3.09. The standard InChI is InChI=1S/C12H19NO.ClH/c1-2-12-7-10(6-11(1)13-12)5-9-3-4-14-8-9;/h5,9,11-13H,1-4,6-8H2;1H. The molecule has 3 heterocycles. The van der Waals surface area contributed by atoms with Gasteiger partial charge in [0.1, 0.15) is 0 Å². The van der Waals surface area contributed by atoms with Gasteiger partial charge in [0, 0.05) is 24.6 Å². The van der Waals surface area contributed by atoms with Gasteiger partial charge in [-0.05, 0) is 32.1 Å². The number of halogens is 1. The van der Waals surface area contributed by atoms with Gasteiger partial charge >= 0.3 is 0 Å². The molecular formula is C12H20ClNO. The molecule has 3 aliphatic heterocycles. The molecule has 3 fully saturated rings. The molecule has 86 valence electrons. The third-order valence-electron chi connectivity index (χ3n) is 3.79. The van der Waals surface area contributed by atoms with Crippen molar-refractivity contribution in [3.63, 3.8) is 0 Å². The predicted octanol–water partition coefficient (Wildman–Crippen LogP) is 2.29. The van der Waals surface area contributed by atoms with E-state index in [1.54, 1.807) is 5.57 Å². The van der Waals surface area contributed by atoms with Crippen LogP contribution in [-0.2, 0) is 4.74 Å². The first-order valence-electron chi connectivity index (χ1n) is 5.93. The number of hydrogen-bond donors (Lipinski definition) is 1. The zero-order chi connectivity index (χ0) is 9.38. The van der Waals surface area contributed by atoms with E-state index in [-0.39, 0.29) is 12.4 Å². The lowest BCUT2D eigenvalue weighted by Gasteiger charge is -2.24. The van der Waals surface area contributed by atoms with Crippen LogP contribution >= 0.6 is 12.4 Å². The van der Waals surface area contributed by atoms with Crippen LogP contribution in [0, 0.1) is 5.92 Å². The molecule has 0 spiro atoms. The molecule has 0 radical (unpaired) electrons. The molecule has 0 amide bonds. The van der Waals surface area contributed by atoms with Gasteiger partial charge < -0.3 is 10.1 Å². The number of ether oxygens (including phenoxy) is 1. The summed E-state index contributed by atoms with van der Waals surface area (Å²) in [5.41, 5.74) is 1.70. The quantitative estimate of drug-likeness (QED) is 0.697. The zero-order valence-electron chi connectivity index (χ0n) is 9.08. The second kappa shape index (κ2) is 4.86. The molecule has 3 atom stereocenters. The maximum Gasteiger partial charge on any atom is 0.0529 e. The summed E-state index contributed by atoms with van der Waals surface area (Å²) in [6, 6.07) is 1.59. The number of piperidine rings is 1. The minimum atomic E-state index is 0. The Morgan fingerprint density at radius 3 is 2.47 bits per heavy atom. The van der Waals surface area contributed by atoms with Crippen LogP contribution in [0.5, 0.6) is 0 Å². The second-order valence-corrected chi connectivity index (χ2v) is 4.99. The lowest BCUT2D eigenvalue weighted by atomic mass is 9.94. The molecule has 0 saturated carbocycles. The van der Waals surface area contributed by atoms with Crippen molar-refractivity contribution in [3.8, 4) is 0 Å². The summed E-state index contributed by atoms with van der Waals surface area (Å²) in [5, 5.41) is 3.67. The average molecular weight is 230 g/mol. The van der Waals surface area contributed by atoms with Crippen molar-refractivity contribution in [1.82, 2.24) is 5.32 Å². The topological polar surface area (TPSA) is 21.3 Å². The third-order valence-corrected chi connectivity index (χ3v) is 3.79. The Hall–Kier alpha value is -0.0500. The first-order valence-corrected chi connectivity index (χ1v) is 5.93. The van der Waals surface area contributed by atoms with Crippen molar-refractivity contribution in [2.75, 3.05) is 13.2 Å². The maximum atomic E-state index is 5.41. The molecule has 3 aliphatic rings. The van der Waals surface area contributed by atoms with Crippen molar-refractivity contribution in [2.24, 2.45) is 5.92 Å². The van der Waals surface area contributed by atoms with Crippen LogP contribution in [0.15, 0.2) is 11.6 Å². The Labute approximate surface area is 97.9 Å². The minimum absolute atomic E-state index is 0. The first kappa shape index (κ1) is 11.4. The Morgan fingerprint density at radius 1 is 1.13 bits per heavy atom. The number of nitrogens with one attached hydrogen (secondary N) is 1. The van der Waals surface area contributed by atoms with Crippen LogP contribution in [0.2, 0.25) is 0 Å². The highest BCUT2D eigenvalue weighted by Crippen LogP contribution is 2.31. The van der Waals surface area contributed by atoms with E-state index in [9.17, 15) is 0 Å². The normalized spacial score (nSPS) is 38.9. The highest BCUT2D eigenvalue weighted by atomic mass is 35.5. The van der Waals surface area contributed by atoms with Crippen LogP contribution < -0.4 is 5.32 Å². The molecule has 2 bridgehead atoms. The largest absolute Gasteiger partial charge is 0.381 e. The van der Waals surface area contributed by atoms with Gasteiger partial charge in [0.25, 0.3) is 0 Å². The van der Waals surface area contributed by atoms with E-state index in [1.807, 2.05) is 0 Å². The molecule has 3 saturated heterocycles. The van der Waals surface area contributed by atoms with Gasteiger partial charge in [-0.1, -0.05) is 11.6 Å². The van der Waals surface area contributed by atoms with Crippen LogP contribution in [0.25, 0.3) is 0 Å². The van der Waals surface area contributed by atoms with Gasteiger partial charge in [-0.3, -0.25) is 0 Å². The highest BCUT2D eigenvalue weighted by Gasteiger charge is 2.30. The SMILES string of the molecule is C(=C1CC2CCC(C1)N2)C1CCOC1.Cl. The smallest absolute Gasteiger partial charge is 0.0529 e. The number of rotatable bonds is 1. The predicted molar refractivity (Wildman–Crippen MR) is 63.4 cm³/mol. The van der Waals surface area contributed by atoms with Crippen molar-refractivity contribution in [2.45, 2.75) is 44.2 Å².